The minimum Gasteiger partial charge on any atom is -0.495 e. The topological polar surface area (TPSA) is 21.3 Å². The zero-order chi connectivity index (χ0) is 8.27. The van der Waals surface area contributed by atoms with Crippen LogP contribution in [0.5, 0.6) is 5.75 Å². The molecule has 68 valence electrons. The third kappa shape index (κ3) is 2.31. The highest BCUT2D eigenvalue weighted by atomic mass is 35.5. The van der Waals surface area contributed by atoms with E-state index in [0.717, 1.165) is 11.4 Å². The Morgan fingerprint density at radius 3 is 2.58 bits per heavy atom. The molecule has 0 radical (unpaired) electrons. The monoisotopic (exact) mass is 187 g/mol. The van der Waals surface area contributed by atoms with Crippen molar-refractivity contribution in [1.29, 1.82) is 0 Å². The summed E-state index contributed by atoms with van der Waals surface area (Å²) in [5, 5.41) is 3.68. The Balaban J connectivity index is 0.00000121. The number of nitrogens with one attached hydrogen (secondary N) is 1. The van der Waals surface area contributed by atoms with Crippen molar-refractivity contribution in [3.05, 3.63) is 23.2 Å². The highest BCUT2D eigenvalue weighted by Gasteiger charge is 1.99. The lowest BCUT2D eigenvalue weighted by molar-refractivity contribution is 0.416. The highest BCUT2D eigenvalue weighted by molar-refractivity contribution is 6.30. The lowest BCUT2D eigenvalue weighted by Gasteiger charge is -2.06. The average molecular weight is 188 g/mol. The molecule has 0 fully saturated rings. The van der Waals surface area contributed by atoms with Gasteiger partial charge in [-0.1, -0.05) is 19.0 Å². The Kier molecular flexibility index (Phi) is 4.52. The summed E-state index contributed by atoms with van der Waals surface area (Å²) in [6.45, 7) is 0. The van der Waals surface area contributed by atoms with Gasteiger partial charge in [-0.2, -0.15) is 0 Å². The first-order valence-electron chi connectivity index (χ1n) is 3.29. The standard InChI is InChI=1S/C8H10ClNO.CH4/c1-10-7-5-6(9)3-4-8(7)11-2;/h3-5,10H,1-2H3;1H4. The second-order valence-corrected chi connectivity index (χ2v) is 2.53. The van der Waals surface area contributed by atoms with Crippen LogP contribution >= 0.6 is 11.6 Å². The first-order valence-corrected chi connectivity index (χ1v) is 3.67. The van der Waals surface area contributed by atoms with Crippen LogP contribution in [-0.2, 0) is 0 Å². The van der Waals surface area contributed by atoms with Crippen molar-refractivity contribution in [2.24, 2.45) is 0 Å². The lowest BCUT2D eigenvalue weighted by Crippen LogP contribution is -1.92. The van der Waals surface area contributed by atoms with Crippen LogP contribution in [0.1, 0.15) is 7.43 Å². The largest absolute Gasteiger partial charge is 0.495 e. The van der Waals surface area contributed by atoms with E-state index < -0.39 is 0 Å². The van der Waals surface area contributed by atoms with E-state index in [0.29, 0.717) is 5.02 Å². The molecule has 0 bridgehead atoms. The summed E-state index contributed by atoms with van der Waals surface area (Å²) in [5.41, 5.74) is 0.903. The highest BCUT2D eigenvalue weighted by Crippen LogP contribution is 2.26. The second-order valence-electron chi connectivity index (χ2n) is 2.09. The first-order chi connectivity index (χ1) is 5.27. The molecule has 1 N–H and O–H groups in total. The maximum absolute atomic E-state index is 5.76. The van der Waals surface area contributed by atoms with Crippen molar-refractivity contribution in [3.8, 4) is 5.75 Å². The van der Waals surface area contributed by atoms with Crippen molar-refractivity contribution in [2.45, 2.75) is 7.43 Å². The molecule has 1 rings (SSSR count). The minimum absolute atomic E-state index is 0. The molecule has 2 nitrogen and oxygen atoms in total. The quantitative estimate of drug-likeness (QED) is 0.769. The summed E-state index contributed by atoms with van der Waals surface area (Å²) < 4.78 is 5.07. The Morgan fingerprint density at radius 1 is 1.42 bits per heavy atom. The van der Waals surface area contributed by atoms with Gasteiger partial charge in [0.2, 0.25) is 0 Å². The molecular formula is C9H14ClNO. The van der Waals surface area contributed by atoms with Gasteiger partial charge >= 0.3 is 0 Å². The molecule has 0 heterocycles. The summed E-state index contributed by atoms with van der Waals surface area (Å²) >= 11 is 5.76. The number of hydrogen-bond donors (Lipinski definition) is 1. The smallest absolute Gasteiger partial charge is 0.142 e. The van der Waals surface area contributed by atoms with Gasteiger partial charge in [-0.3, -0.25) is 0 Å². The van der Waals surface area contributed by atoms with Gasteiger partial charge in [0.15, 0.2) is 0 Å². The van der Waals surface area contributed by atoms with Crippen LogP contribution in [0.2, 0.25) is 5.02 Å². The molecule has 0 aliphatic rings. The van der Waals surface area contributed by atoms with Gasteiger partial charge in [0.25, 0.3) is 0 Å². The van der Waals surface area contributed by atoms with Gasteiger partial charge in [0.1, 0.15) is 5.75 Å². The van der Waals surface area contributed by atoms with Gasteiger partial charge in [0, 0.05) is 12.1 Å². The lowest BCUT2D eigenvalue weighted by atomic mass is 10.3. The van der Waals surface area contributed by atoms with Crippen molar-refractivity contribution in [2.75, 3.05) is 19.5 Å². The van der Waals surface area contributed by atoms with E-state index in [2.05, 4.69) is 5.32 Å². The van der Waals surface area contributed by atoms with Crippen LogP contribution in [0, 0.1) is 0 Å². The van der Waals surface area contributed by atoms with E-state index in [1.54, 1.807) is 13.2 Å². The van der Waals surface area contributed by atoms with Gasteiger partial charge in [-0.25, -0.2) is 0 Å². The molecule has 0 aliphatic carbocycles. The number of methoxy groups -OCH3 is 1. The molecular weight excluding hydrogens is 174 g/mol. The first kappa shape index (κ1) is 11.1. The predicted molar refractivity (Wildman–Crippen MR) is 54.3 cm³/mol. The third-order valence-corrected chi connectivity index (χ3v) is 1.67. The molecule has 12 heavy (non-hydrogen) atoms. The molecule has 3 heteroatoms. The summed E-state index contributed by atoms with van der Waals surface area (Å²) in [4.78, 5) is 0. The Labute approximate surface area is 78.5 Å². The Morgan fingerprint density at radius 2 is 2.08 bits per heavy atom. The molecule has 0 spiro atoms. The number of hydrogen-bond acceptors (Lipinski definition) is 2. The summed E-state index contributed by atoms with van der Waals surface area (Å²) in [7, 11) is 3.46. The van der Waals surface area contributed by atoms with Crippen LogP contribution < -0.4 is 10.1 Å². The minimum atomic E-state index is 0. The van der Waals surface area contributed by atoms with Crippen LogP contribution in [0.15, 0.2) is 18.2 Å². The molecule has 0 aliphatic heterocycles. The fourth-order valence-electron chi connectivity index (χ4n) is 0.876. The van der Waals surface area contributed by atoms with E-state index in [1.165, 1.54) is 0 Å². The van der Waals surface area contributed by atoms with Crippen molar-refractivity contribution in [3.63, 3.8) is 0 Å². The Hall–Kier alpha value is -0.890. The third-order valence-electron chi connectivity index (χ3n) is 1.43. The van der Waals surface area contributed by atoms with E-state index in [-0.39, 0.29) is 7.43 Å². The molecule has 1 aromatic carbocycles. The van der Waals surface area contributed by atoms with Crippen LogP contribution in [0.25, 0.3) is 0 Å². The second kappa shape index (κ2) is 4.88. The predicted octanol–water partition coefficient (Wildman–Crippen LogP) is 3.03. The number of ether oxygens (including phenoxy) is 1. The molecule has 0 amide bonds. The summed E-state index contributed by atoms with van der Waals surface area (Å²) in [6, 6.07) is 5.44. The fraction of sp³-hybridized carbons (Fsp3) is 0.333. The van der Waals surface area contributed by atoms with Crippen LogP contribution in [-0.4, -0.2) is 14.2 Å². The number of benzene rings is 1. The summed E-state index contributed by atoms with van der Waals surface area (Å²) in [6.07, 6.45) is 0. The summed E-state index contributed by atoms with van der Waals surface area (Å²) in [5.74, 6) is 0.803. The van der Waals surface area contributed by atoms with Gasteiger partial charge in [-0.05, 0) is 18.2 Å². The number of halogens is 1. The molecule has 0 atom stereocenters. The fourth-order valence-corrected chi connectivity index (χ4v) is 1.05. The van der Waals surface area contributed by atoms with Gasteiger partial charge in [0.05, 0.1) is 12.8 Å². The number of rotatable bonds is 2. The SMILES string of the molecule is C.CNc1cc(Cl)ccc1OC. The van der Waals surface area contributed by atoms with Gasteiger partial charge < -0.3 is 10.1 Å². The van der Waals surface area contributed by atoms with E-state index in [1.807, 2.05) is 19.2 Å². The van der Waals surface area contributed by atoms with E-state index >= 15 is 0 Å². The molecule has 0 unspecified atom stereocenters. The zero-order valence-corrected chi connectivity index (χ0v) is 7.27. The zero-order valence-electron chi connectivity index (χ0n) is 6.52. The van der Waals surface area contributed by atoms with Crippen LogP contribution in [0.4, 0.5) is 5.69 Å². The van der Waals surface area contributed by atoms with Crippen LogP contribution in [0.3, 0.4) is 0 Å². The van der Waals surface area contributed by atoms with E-state index in [9.17, 15) is 0 Å². The van der Waals surface area contributed by atoms with Crippen molar-refractivity contribution < 1.29 is 4.74 Å². The Bertz CT molecular complexity index is 250. The van der Waals surface area contributed by atoms with Crippen molar-refractivity contribution >= 4 is 17.3 Å². The number of anilines is 1. The average Bonchev–Trinajstić information content (AvgIpc) is 2.04. The molecule has 0 saturated heterocycles. The maximum atomic E-state index is 5.76. The van der Waals surface area contributed by atoms with E-state index in [4.69, 9.17) is 16.3 Å². The van der Waals surface area contributed by atoms with Gasteiger partial charge in [-0.15, -0.1) is 0 Å². The molecule has 0 aromatic heterocycles. The van der Waals surface area contributed by atoms with Crippen molar-refractivity contribution in [1.82, 2.24) is 0 Å². The molecule has 1 aromatic rings. The normalized spacial score (nSPS) is 8.58. The maximum Gasteiger partial charge on any atom is 0.142 e. The molecule has 0 saturated carbocycles.